The highest BCUT2D eigenvalue weighted by Gasteiger charge is 2.25. The minimum Gasteiger partial charge on any atom is -0.314 e. The van der Waals surface area contributed by atoms with Gasteiger partial charge in [0.1, 0.15) is 0 Å². The first-order valence-corrected chi connectivity index (χ1v) is 8.62. The molecular weight excluding hydrogens is 230 g/mol. The van der Waals surface area contributed by atoms with Gasteiger partial charge in [0.05, 0.1) is 0 Å². The van der Waals surface area contributed by atoms with E-state index in [2.05, 4.69) is 26.1 Å². The van der Waals surface area contributed by atoms with E-state index in [1.807, 2.05) is 0 Å². The molecule has 0 radical (unpaired) electrons. The fraction of sp³-hybridized carbons (Fsp3) is 1.00. The van der Waals surface area contributed by atoms with Crippen molar-refractivity contribution in [1.82, 2.24) is 5.32 Å². The second-order valence-corrected chi connectivity index (χ2v) is 7.54. The molecule has 1 fully saturated rings. The molecule has 1 aliphatic rings. The number of hydrogen-bond acceptors (Lipinski definition) is 2. The first kappa shape index (κ1) is 15.2. The van der Waals surface area contributed by atoms with Crippen LogP contribution in [0, 0.1) is 5.92 Å². The molecule has 3 atom stereocenters. The Labute approximate surface area is 109 Å². The minimum atomic E-state index is -0.593. The summed E-state index contributed by atoms with van der Waals surface area (Å²) in [5, 5.41) is 4.04. The molecule has 2 nitrogen and oxygen atoms in total. The second kappa shape index (κ2) is 8.25. The van der Waals surface area contributed by atoms with Crippen LogP contribution in [0.5, 0.6) is 0 Å². The molecular formula is C14H29NOS. The van der Waals surface area contributed by atoms with Crippen LogP contribution < -0.4 is 5.32 Å². The summed E-state index contributed by atoms with van der Waals surface area (Å²) >= 11 is 0. The van der Waals surface area contributed by atoms with E-state index in [1.54, 1.807) is 0 Å². The predicted octanol–water partition coefficient (Wildman–Crippen LogP) is 3.09. The Bertz CT molecular complexity index is 230. The summed E-state index contributed by atoms with van der Waals surface area (Å²) < 4.78 is 12.2. The standard InChI is InChI=1S/C14H29NOS/c1-4-9-15-13-6-5-7-14(11-13)17(16)10-8-12(2)3/h12-15H,4-11H2,1-3H3. The average molecular weight is 259 g/mol. The zero-order chi connectivity index (χ0) is 12.7. The van der Waals surface area contributed by atoms with Gasteiger partial charge in [-0.3, -0.25) is 4.21 Å². The first-order chi connectivity index (χ1) is 8.13. The molecule has 1 saturated carbocycles. The molecule has 0 aliphatic heterocycles. The Morgan fingerprint density at radius 2 is 2.12 bits per heavy atom. The van der Waals surface area contributed by atoms with Crippen LogP contribution in [0.3, 0.4) is 0 Å². The summed E-state index contributed by atoms with van der Waals surface area (Å²) in [6.07, 6.45) is 7.13. The molecule has 0 saturated heterocycles. The van der Waals surface area contributed by atoms with E-state index in [4.69, 9.17) is 0 Å². The number of nitrogens with one attached hydrogen (secondary N) is 1. The van der Waals surface area contributed by atoms with Gasteiger partial charge in [-0.25, -0.2) is 0 Å². The van der Waals surface area contributed by atoms with Crippen molar-refractivity contribution >= 4 is 10.8 Å². The Morgan fingerprint density at radius 1 is 1.35 bits per heavy atom. The van der Waals surface area contributed by atoms with Gasteiger partial charge in [0, 0.05) is 27.8 Å². The third kappa shape index (κ3) is 6.01. The van der Waals surface area contributed by atoms with Crippen LogP contribution in [-0.4, -0.2) is 27.8 Å². The monoisotopic (exact) mass is 259 g/mol. The summed E-state index contributed by atoms with van der Waals surface area (Å²) in [6, 6.07) is 0.622. The van der Waals surface area contributed by atoms with E-state index in [1.165, 1.54) is 25.7 Å². The largest absolute Gasteiger partial charge is 0.314 e. The van der Waals surface area contributed by atoms with Gasteiger partial charge < -0.3 is 5.32 Å². The molecule has 0 aromatic heterocycles. The van der Waals surface area contributed by atoms with Gasteiger partial charge in [0.2, 0.25) is 0 Å². The smallest absolute Gasteiger partial charge is 0.0362 e. The maximum atomic E-state index is 12.2. The SMILES string of the molecule is CCCNC1CCCC(S(=O)CCC(C)C)C1. The summed E-state index contributed by atoms with van der Waals surface area (Å²) in [6.45, 7) is 7.73. The molecule has 1 N–H and O–H groups in total. The molecule has 0 aromatic rings. The van der Waals surface area contributed by atoms with Gasteiger partial charge in [-0.1, -0.05) is 27.2 Å². The predicted molar refractivity (Wildman–Crippen MR) is 76.8 cm³/mol. The minimum absolute atomic E-state index is 0.455. The lowest BCUT2D eigenvalue weighted by atomic mass is 9.95. The Morgan fingerprint density at radius 3 is 2.76 bits per heavy atom. The van der Waals surface area contributed by atoms with Crippen LogP contribution >= 0.6 is 0 Å². The van der Waals surface area contributed by atoms with Gasteiger partial charge in [0.25, 0.3) is 0 Å². The van der Waals surface area contributed by atoms with E-state index >= 15 is 0 Å². The molecule has 17 heavy (non-hydrogen) atoms. The van der Waals surface area contributed by atoms with E-state index < -0.39 is 10.8 Å². The maximum absolute atomic E-state index is 12.2. The van der Waals surface area contributed by atoms with Gasteiger partial charge in [-0.05, 0) is 44.6 Å². The van der Waals surface area contributed by atoms with Gasteiger partial charge in [0.15, 0.2) is 0 Å². The number of hydrogen-bond donors (Lipinski definition) is 1. The Hall–Kier alpha value is 0.110. The highest BCUT2D eigenvalue weighted by molar-refractivity contribution is 7.85. The molecule has 0 bridgehead atoms. The topological polar surface area (TPSA) is 29.1 Å². The molecule has 0 heterocycles. The fourth-order valence-corrected chi connectivity index (χ4v) is 4.35. The lowest BCUT2D eigenvalue weighted by molar-refractivity contribution is 0.377. The van der Waals surface area contributed by atoms with Crippen LogP contribution in [0.1, 0.15) is 59.3 Å². The fourth-order valence-electron chi connectivity index (χ4n) is 2.44. The van der Waals surface area contributed by atoms with Crippen molar-refractivity contribution in [1.29, 1.82) is 0 Å². The Balaban J connectivity index is 2.30. The van der Waals surface area contributed by atoms with E-state index in [-0.39, 0.29) is 0 Å². The third-order valence-electron chi connectivity index (χ3n) is 3.58. The summed E-state index contributed by atoms with van der Waals surface area (Å²) in [4.78, 5) is 0. The molecule has 3 heteroatoms. The van der Waals surface area contributed by atoms with Crippen molar-refractivity contribution in [2.45, 2.75) is 70.6 Å². The van der Waals surface area contributed by atoms with Crippen LogP contribution in [0.2, 0.25) is 0 Å². The normalized spacial score (nSPS) is 27.3. The van der Waals surface area contributed by atoms with Crippen molar-refractivity contribution in [3.05, 3.63) is 0 Å². The van der Waals surface area contributed by atoms with Gasteiger partial charge >= 0.3 is 0 Å². The van der Waals surface area contributed by atoms with Crippen LogP contribution in [0.15, 0.2) is 0 Å². The second-order valence-electron chi connectivity index (χ2n) is 5.71. The highest BCUT2D eigenvalue weighted by Crippen LogP contribution is 2.23. The van der Waals surface area contributed by atoms with Crippen molar-refractivity contribution in [2.24, 2.45) is 5.92 Å². The zero-order valence-corrected chi connectivity index (χ0v) is 12.5. The molecule has 0 spiro atoms. The zero-order valence-electron chi connectivity index (χ0n) is 11.7. The average Bonchev–Trinajstić information content (AvgIpc) is 2.33. The summed E-state index contributed by atoms with van der Waals surface area (Å²) in [5.41, 5.74) is 0. The van der Waals surface area contributed by atoms with Crippen LogP contribution in [0.4, 0.5) is 0 Å². The van der Waals surface area contributed by atoms with Crippen molar-refractivity contribution in [3.8, 4) is 0 Å². The van der Waals surface area contributed by atoms with Crippen LogP contribution in [-0.2, 0) is 10.8 Å². The molecule has 0 amide bonds. The molecule has 3 unspecified atom stereocenters. The van der Waals surface area contributed by atoms with Gasteiger partial charge in [-0.15, -0.1) is 0 Å². The molecule has 1 rings (SSSR count). The summed E-state index contributed by atoms with van der Waals surface area (Å²) in [7, 11) is -0.593. The Kier molecular flexibility index (Phi) is 7.36. The third-order valence-corrected chi connectivity index (χ3v) is 5.39. The molecule has 102 valence electrons. The van der Waals surface area contributed by atoms with E-state index in [0.29, 0.717) is 17.2 Å². The van der Waals surface area contributed by atoms with E-state index in [0.717, 1.165) is 25.1 Å². The maximum Gasteiger partial charge on any atom is 0.0362 e. The van der Waals surface area contributed by atoms with Crippen molar-refractivity contribution in [3.63, 3.8) is 0 Å². The first-order valence-electron chi connectivity index (χ1n) is 7.24. The van der Waals surface area contributed by atoms with Crippen molar-refractivity contribution in [2.75, 3.05) is 12.3 Å². The lowest BCUT2D eigenvalue weighted by Crippen LogP contribution is -2.38. The highest BCUT2D eigenvalue weighted by atomic mass is 32.2. The molecule has 0 aromatic carbocycles. The lowest BCUT2D eigenvalue weighted by Gasteiger charge is -2.29. The number of rotatable bonds is 7. The van der Waals surface area contributed by atoms with Gasteiger partial charge in [-0.2, -0.15) is 0 Å². The molecule has 1 aliphatic carbocycles. The summed E-state index contributed by atoms with van der Waals surface area (Å²) in [5.74, 6) is 1.58. The quantitative estimate of drug-likeness (QED) is 0.761. The van der Waals surface area contributed by atoms with E-state index in [9.17, 15) is 4.21 Å². The van der Waals surface area contributed by atoms with Crippen LogP contribution in [0.25, 0.3) is 0 Å². The van der Waals surface area contributed by atoms with Crippen molar-refractivity contribution < 1.29 is 4.21 Å².